The number of amides is 1. The van der Waals surface area contributed by atoms with Gasteiger partial charge in [-0.15, -0.1) is 11.6 Å². The molecule has 0 radical (unpaired) electrons. The zero-order chi connectivity index (χ0) is 16.7. The number of nitrogens with one attached hydrogen (secondary N) is 1. The van der Waals surface area contributed by atoms with Gasteiger partial charge in [-0.2, -0.15) is 0 Å². The van der Waals surface area contributed by atoms with Crippen molar-refractivity contribution in [2.24, 2.45) is 17.8 Å². The molecule has 4 heteroatoms. The Balaban J connectivity index is 1.54. The summed E-state index contributed by atoms with van der Waals surface area (Å²) in [7, 11) is 0. The van der Waals surface area contributed by atoms with Crippen LogP contribution in [-0.4, -0.2) is 24.5 Å². The van der Waals surface area contributed by atoms with Crippen molar-refractivity contribution in [2.45, 2.75) is 50.3 Å². The molecule has 3 nitrogen and oxygen atoms in total. The summed E-state index contributed by atoms with van der Waals surface area (Å²) in [5.41, 5.74) is 3.34. The van der Waals surface area contributed by atoms with Crippen LogP contribution in [0.1, 0.15) is 49.7 Å². The van der Waals surface area contributed by atoms with Crippen LogP contribution >= 0.6 is 11.6 Å². The molecule has 2 aliphatic carbocycles. The van der Waals surface area contributed by atoms with Gasteiger partial charge in [0.15, 0.2) is 0 Å². The lowest BCUT2D eigenvalue weighted by atomic mass is 9.70. The number of alkyl halides is 1. The lowest BCUT2D eigenvalue weighted by Crippen LogP contribution is -2.35. The normalized spacial score (nSPS) is 32.5. The first kappa shape index (κ1) is 16.4. The molecule has 1 aromatic rings. The molecule has 4 rings (SSSR count). The van der Waals surface area contributed by atoms with Gasteiger partial charge in [-0.05, 0) is 60.6 Å². The Kier molecular flexibility index (Phi) is 4.57. The van der Waals surface area contributed by atoms with Crippen LogP contribution in [0.25, 0.3) is 0 Å². The van der Waals surface area contributed by atoms with Gasteiger partial charge in [0.1, 0.15) is 0 Å². The third-order valence-corrected chi connectivity index (χ3v) is 6.47. The van der Waals surface area contributed by atoms with Gasteiger partial charge in [0, 0.05) is 23.6 Å². The van der Waals surface area contributed by atoms with Crippen molar-refractivity contribution in [1.82, 2.24) is 0 Å². The molecular formula is C20H26ClNO2. The molecule has 1 N–H and O–H groups in total. The summed E-state index contributed by atoms with van der Waals surface area (Å²) in [6.07, 6.45) is 5.37. The first-order valence-corrected chi connectivity index (χ1v) is 9.70. The van der Waals surface area contributed by atoms with E-state index in [4.69, 9.17) is 16.3 Å². The molecular weight excluding hydrogens is 322 g/mol. The number of hydrogen-bond acceptors (Lipinski definition) is 2. The van der Waals surface area contributed by atoms with Crippen LogP contribution in [-0.2, 0) is 16.0 Å². The van der Waals surface area contributed by atoms with Gasteiger partial charge in [0.25, 0.3) is 0 Å². The van der Waals surface area contributed by atoms with Gasteiger partial charge < -0.3 is 10.1 Å². The molecule has 3 aliphatic rings. The van der Waals surface area contributed by atoms with Gasteiger partial charge in [-0.3, -0.25) is 4.79 Å². The number of carbonyl (C=O) groups is 1. The first-order valence-electron chi connectivity index (χ1n) is 9.26. The van der Waals surface area contributed by atoms with E-state index < -0.39 is 0 Å². The fraction of sp³-hybridized carbons (Fsp3) is 0.650. The second-order valence-corrected chi connectivity index (χ2v) is 8.44. The van der Waals surface area contributed by atoms with Crippen LogP contribution < -0.4 is 5.32 Å². The number of anilines is 1. The first-order chi connectivity index (χ1) is 11.6. The Hall–Kier alpha value is -1.06. The van der Waals surface area contributed by atoms with E-state index >= 15 is 0 Å². The van der Waals surface area contributed by atoms with Gasteiger partial charge in [-0.25, -0.2) is 0 Å². The Morgan fingerprint density at radius 3 is 2.83 bits per heavy atom. The molecule has 4 unspecified atom stereocenters. The number of halogens is 1. The number of benzene rings is 1. The average molecular weight is 348 g/mol. The van der Waals surface area contributed by atoms with Crippen molar-refractivity contribution >= 4 is 23.2 Å². The van der Waals surface area contributed by atoms with E-state index in [1.54, 1.807) is 0 Å². The van der Waals surface area contributed by atoms with Gasteiger partial charge in [-0.1, -0.05) is 19.1 Å². The van der Waals surface area contributed by atoms with E-state index in [-0.39, 0.29) is 11.3 Å². The van der Waals surface area contributed by atoms with E-state index in [0.29, 0.717) is 24.2 Å². The lowest BCUT2D eigenvalue weighted by Gasteiger charge is -2.40. The fourth-order valence-corrected chi connectivity index (χ4v) is 4.73. The van der Waals surface area contributed by atoms with Crippen molar-refractivity contribution < 1.29 is 9.53 Å². The summed E-state index contributed by atoms with van der Waals surface area (Å²) < 4.78 is 6.05. The predicted octanol–water partition coefficient (Wildman–Crippen LogP) is 4.34. The Morgan fingerprint density at radius 2 is 2.04 bits per heavy atom. The van der Waals surface area contributed by atoms with Gasteiger partial charge >= 0.3 is 0 Å². The number of hydrogen-bond donors (Lipinski definition) is 1. The summed E-state index contributed by atoms with van der Waals surface area (Å²) in [4.78, 5) is 11.6. The largest absolute Gasteiger partial charge is 0.381 e. The van der Waals surface area contributed by atoms with Crippen molar-refractivity contribution in [2.75, 3.05) is 18.5 Å². The molecule has 1 aromatic carbocycles. The molecule has 0 spiro atoms. The highest BCUT2D eigenvalue weighted by Crippen LogP contribution is 2.45. The van der Waals surface area contributed by atoms with E-state index in [9.17, 15) is 4.79 Å². The van der Waals surface area contributed by atoms with Crippen LogP contribution in [0.15, 0.2) is 18.2 Å². The van der Waals surface area contributed by atoms with Gasteiger partial charge in [0.2, 0.25) is 5.91 Å². The van der Waals surface area contributed by atoms with Crippen LogP contribution in [0.5, 0.6) is 0 Å². The number of rotatable bonds is 5. The maximum Gasteiger partial charge on any atom is 0.228 e. The zero-order valence-electron chi connectivity index (χ0n) is 14.3. The second-order valence-electron chi connectivity index (χ2n) is 7.88. The van der Waals surface area contributed by atoms with Crippen LogP contribution in [0.2, 0.25) is 0 Å². The fourth-order valence-electron chi connectivity index (χ4n) is 4.27. The maximum absolute atomic E-state index is 11.6. The van der Waals surface area contributed by atoms with Crippen LogP contribution in [0.4, 0.5) is 5.69 Å². The van der Waals surface area contributed by atoms with Crippen molar-refractivity contribution in [3.63, 3.8) is 0 Å². The highest BCUT2D eigenvalue weighted by Gasteiger charge is 2.38. The van der Waals surface area contributed by atoms with Crippen LogP contribution in [0, 0.1) is 17.8 Å². The lowest BCUT2D eigenvalue weighted by molar-refractivity contribution is -0.115. The minimum absolute atomic E-state index is 0.0888. The molecule has 2 fully saturated rings. The summed E-state index contributed by atoms with van der Waals surface area (Å²) in [6.45, 7) is 4.05. The maximum atomic E-state index is 11.6. The molecule has 1 aliphatic heterocycles. The predicted molar refractivity (Wildman–Crippen MR) is 96.6 cm³/mol. The molecule has 1 heterocycles. The number of carbonyl (C=O) groups excluding carboxylic acids is 1. The molecule has 0 bridgehead atoms. The SMILES string of the molecule is CC1CCC(Cl)C(c2ccc3c(c2)CC(=O)N3)C1COCC1CC1. The van der Waals surface area contributed by atoms with Crippen molar-refractivity contribution in [1.29, 1.82) is 0 Å². The quantitative estimate of drug-likeness (QED) is 0.804. The molecule has 4 atom stereocenters. The Morgan fingerprint density at radius 1 is 1.21 bits per heavy atom. The monoisotopic (exact) mass is 347 g/mol. The van der Waals surface area contributed by atoms with Crippen molar-refractivity contribution in [3.05, 3.63) is 29.3 Å². The summed E-state index contributed by atoms with van der Waals surface area (Å²) in [6, 6.07) is 6.39. The molecule has 130 valence electrons. The topological polar surface area (TPSA) is 38.3 Å². The summed E-state index contributed by atoms with van der Waals surface area (Å²) in [5.74, 6) is 2.29. The molecule has 0 saturated heterocycles. The highest BCUT2D eigenvalue weighted by atomic mass is 35.5. The smallest absolute Gasteiger partial charge is 0.228 e. The van der Waals surface area contributed by atoms with E-state index in [2.05, 4.69) is 24.4 Å². The molecule has 2 saturated carbocycles. The Bertz CT molecular complexity index is 628. The highest BCUT2D eigenvalue weighted by molar-refractivity contribution is 6.21. The minimum atomic E-state index is 0.0888. The van der Waals surface area contributed by atoms with Gasteiger partial charge in [0.05, 0.1) is 13.0 Å². The third kappa shape index (κ3) is 3.34. The number of fused-ring (bicyclic) bond motifs is 1. The standard InChI is InChI=1S/C20H26ClNO2/c1-12-2-6-17(21)20(16(12)11-24-10-13-3-4-13)14-5-7-18-15(8-14)9-19(23)22-18/h5,7-8,12-13,16-17,20H,2-4,6,9-11H2,1H3,(H,22,23). The van der Waals surface area contributed by atoms with E-state index in [1.165, 1.54) is 24.8 Å². The third-order valence-electron chi connectivity index (χ3n) is 5.98. The molecule has 0 aromatic heterocycles. The summed E-state index contributed by atoms with van der Waals surface area (Å²) >= 11 is 6.77. The molecule has 1 amide bonds. The second kappa shape index (κ2) is 6.68. The minimum Gasteiger partial charge on any atom is -0.381 e. The summed E-state index contributed by atoms with van der Waals surface area (Å²) in [5, 5.41) is 3.07. The molecule has 24 heavy (non-hydrogen) atoms. The van der Waals surface area contributed by atoms with Crippen molar-refractivity contribution in [3.8, 4) is 0 Å². The zero-order valence-corrected chi connectivity index (χ0v) is 15.0. The average Bonchev–Trinajstić information content (AvgIpc) is 3.30. The number of ether oxygens (including phenoxy) is 1. The van der Waals surface area contributed by atoms with E-state index in [1.807, 2.05) is 6.07 Å². The van der Waals surface area contributed by atoms with E-state index in [0.717, 1.165) is 36.8 Å². The van der Waals surface area contributed by atoms with Crippen LogP contribution in [0.3, 0.4) is 0 Å². The Labute approximate surface area is 149 Å².